The molecule has 0 unspecified atom stereocenters. The van der Waals surface area contributed by atoms with Crippen molar-refractivity contribution >= 4 is 27.3 Å². The molecular formula is C21H29N3O4S2. The Morgan fingerprint density at radius 3 is 2.60 bits per heavy atom. The van der Waals surface area contributed by atoms with E-state index in [1.807, 2.05) is 18.2 Å². The molecule has 3 rings (SSSR count). The van der Waals surface area contributed by atoms with E-state index < -0.39 is 10.0 Å². The zero-order valence-corrected chi connectivity index (χ0v) is 19.1. The lowest BCUT2D eigenvalue weighted by Crippen LogP contribution is -2.40. The van der Waals surface area contributed by atoms with E-state index in [0.717, 1.165) is 30.1 Å². The lowest BCUT2D eigenvalue weighted by Gasteiger charge is -2.25. The van der Waals surface area contributed by atoms with Gasteiger partial charge in [0.25, 0.3) is 15.9 Å². The Morgan fingerprint density at radius 2 is 1.90 bits per heavy atom. The molecule has 1 aromatic carbocycles. The van der Waals surface area contributed by atoms with Gasteiger partial charge in [0.2, 0.25) is 0 Å². The number of thiophene rings is 1. The molecular weight excluding hydrogens is 422 g/mol. The first kappa shape index (κ1) is 22.9. The molecule has 0 spiro atoms. The van der Waals surface area contributed by atoms with Crippen LogP contribution in [-0.4, -0.2) is 76.0 Å². The summed E-state index contributed by atoms with van der Waals surface area (Å²) in [6.07, 6.45) is 0. The third kappa shape index (κ3) is 5.47. The maximum absolute atomic E-state index is 12.8. The first-order chi connectivity index (χ1) is 14.5. The second-order valence-electron chi connectivity index (χ2n) is 7.00. The zero-order chi connectivity index (χ0) is 21.6. The highest BCUT2D eigenvalue weighted by Gasteiger charge is 2.27. The number of hydrogen-bond donors (Lipinski definition) is 1. The van der Waals surface area contributed by atoms with E-state index >= 15 is 0 Å². The van der Waals surface area contributed by atoms with E-state index in [1.165, 1.54) is 15.6 Å². The molecule has 164 valence electrons. The van der Waals surface area contributed by atoms with Crippen LogP contribution in [0.4, 0.5) is 0 Å². The summed E-state index contributed by atoms with van der Waals surface area (Å²) >= 11 is 1.23. The topological polar surface area (TPSA) is 79.0 Å². The first-order valence-electron chi connectivity index (χ1n) is 10.2. The fourth-order valence-corrected chi connectivity index (χ4v) is 6.18. The van der Waals surface area contributed by atoms with Crippen molar-refractivity contribution in [3.05, 3.63) is 42.0 Å². The molecule has 7 nitrogen and oxygen atoms in total. The number of morpholine rings is 1. The molecule has 1 aliphatic heterocycles. The van der Waals surface area contributed by atoms with Crippen molar-refractivity contribution in [1.82, 2.24) is 14.5 Å². The number of nitrogens with one attached hydrogen (secondary N) is 1. The van der Waals surface area contributed by atoms with Gasteiger partial charge in [0.05, 0.1) is 13.2 Å². The first-order valence-corrected chi connectivity index (χ1v) is 12.5. The number of amides is 1. The smallest absolute Gasteiger partial charge is 0.252 e. The molecule has 1 N–H and O–H groups in total. The average molecular weight is 452 g/mol. The molecule has 1 amide bonds. The molecule has 30 heavy (non-hydrogen) atoms. The Labute approximate surface area is 182 Å². The fraction of sp³-hybridized carbons (Fsp3) is 0.476. The van der Waals surface area contributed by atoms with Gasteiger partial charge in [-0.2, -0.15) is 4.31 Å². The van der Waals surface area contributed by atoms with Crippen molar-refractivity contribution in [3.8, 4) is 10.4 Å². The number of sulfonamides is 1. The molecule has 2 heterocycles. The molecule has 0 aliphatic carbocycles. The summed E-state index contributed by atoms with van der Waals surface area (Å²) in [5.74, 6) is -0.123. The summed E-state index contributed by atoms with van der Waals surface area (Å²) in [6, 6.07) is 10.7. The van der Waals surface area contributed by atoms with Crippen LogP contribution in [0.15, 0.2) is 40.6 Å². The monoisotopic (exact) mass is 451 g/mol. The highest BCUT2D eigenvalue weighted by atomic mass is 32.2. The molecule has 0 radical (unpaired) electrons. The van der Waals surface area contributed by atoms with Gasteiger partial charge in [-0.25, -0.2) is 8.42 Å². The van der Waals surface area contributed by atoms with Crippen LogP contribution in [0.2, 0.25) is 0 Å². The minimum absolute atomic E-state index is 0.123. The van der Waals surface area contributed by atoms with Gasteiger partial charge >= 0.3 is 0 Å². The van der Waals surface area contributed by atoms with Crippen molar-refractivity contribution in [3.63, 3.8) is 0 Å². The molecule has 9 heteroatoms. The zero-order valence-electron chi connectivity index (χ0n) is 17.5. The number of carbonyl (C=O) groups excluding carboxylic acids is 1. The molecule has 1 aliphatic rings. The van der Waals surface area contributed by atoms with E-state index in [-0.39, 0.29) is 5.91 Å². The second kappa shape index (κ2) is 10.5. The molecule has 2 aromatic rings. The van der Waals surface area contributed by atoms with Crippen LogP contribution < -0.4 is 5.32 Å². The van der Waals surface area contributed by atoms with Crippen molar-refractivity contribution in [1.29, 1.82) is 0 Å². The lowest BCUT2D eigenvalue weighted by atomic mass is 10.1. The lowest BCUT2D eigenvalue weighted by molar-refractivity contribution is 0.0731. The standard InChI is InChI=1S/C21H29N3O4S2/c1-3-23(4-2)11-10-22-21(25)18-7-5-6-17(16-18)19-8-9-20(29-19)30(26,27)24-12-14-28-15-13-24/h5-9,16H,3-4,10-15H2,1-2H3,(H,22,25). The predicted octanol–water partition coefficient (Wildman–Crippen LogP) is 2.51. The van der Waals surface area contributed by atoms with Crippen LogP contribution >= 0.6 is 11.3 Å². The molecule has 0 bridgehead atoms. The maximum Gasteiger partial charge on any atom is 0.252 e. The number of rotatable bonds is 9. The van der Waals surface area contributed by atoms with Crippen LogP contribution in [0, 0.1) is 0 Å². The summed E-state index contributed by atoms with van der Waals surface area (Å²) in [5.41, 5.74) is 1.40. The van der Waals surface area contributed by atoms with Crippen LogP contribution in [0.25, 0.3) is 10.4 Å². The second-order valence-corrected chi connectivity index (χ2v) is 10.2. The Bertz CT molecular complexity index is 949. The number of ether oxygens (including phenoxy) is 1. The average Bonchev–Trinajstić information content (AvgIpc) is 3.29. The van der Waals surface area contributed by atoms with Gasteiger partial charge in [0.1, 0.15) is 4.21 Å². The van der Waals surface area contributed by atoms with Crippen molar-refractivity contribution in [2.45, 2.75) is 18.1 Å². The number of nitrogens with zero attached hydrogens (tertiary/aromatic N) is 2. The molecule has 0 atom stereocenters. The predicted molar refractivity (Wildman–Crippen MR) is 119 cm³/mol. The van der Waals surface area contributed by atoms with Crippen molar-refractivity contribution in [2.24, 2.45) is 0 Å². The summed E-state index contributed by atoms with van der Waals surface area (Å²) in [7, 11) is -3.51. The Morgan fingerprint density at radius 1 is 1.17 bits per heavy atom. The van der Waals surface area contributed by atoms with Crippen LogP contribution in [0.1, 0.15) is 24.2 Å². The molecule has 1 aromatic heterocycles. The molecule has 1 fully saturated rings. The van der Waals surface area contributed by atoms with Gasteiger partial charge in [0, 0.05) is 36.6 Å². The van der Waals surface area contributed by atoms with Crippen LogP contribution in [0.3, 0.4) is 0 Å². The van der Waals surface area contributed by atoms with Gasteiger partial charge < -0.3 is 15.0 Å². The van der Waals surface area contributed by atoms with Gasteiger partial charge in [-0.1, -0.05) is 26.0 Å². The Hall–Kier alpha value is -1.78. The van der Waals surface area contributed by atoms with E-state index in [2.05, 4.69) is 24.1 Å². The Balaban J connectivity index is 1.69. The van der Waals surface area contributed by atoms with E-state index in [1.54, 1.807) is 18.2 Å². The van der Waals surface area contributed by atoms with Crippen LogP contribution in [0.5, 0.6) is 0 Å². The van der Waals surface area contributed by atoms with Gasteiger partial charge in [-0.3, -0.25) is 4.79 Å². The SMILES string of the molecule is CCN(CC)CCNC(=O)c1cccc(-c2ccc(S(=O)(=O)N3CCOCC3)s2)c1. The minimum atomic E-state index is -3.51. The maximum atomic E-state index is 12.8. The van der Waals surface area contributed by atoms with Crippen molar-refractivity contribution in [2.75, 3.05) is 52.5 Å². The normalized spacial score (nSPS) is 15.4. The molecule has 0 saturated carbocycles. The van der Waals surface area contributed by atoms with Gasteiger partial charge in [-0.05, 0) is 42.9 Å². The minimum Gasteiger partial charge on any atom is -0.379 e. The largest absolute Gasteiger partial charge is 0.379 e. The third-order valence-electron chi connectivity index (χ3n) is 5.16. The fourth-order valence-electron chi connectivity index (χ4n) is 3.31. The summed E-state index contributed by atoms with van der Waals surface area (Å²) in [6.45, 7) is 9.10. The number of likely N-dealkylation sites (N-methyl/N-ethyl adjacent to an activating group) is 1. The van der Waals surface area contributed by atoms with E-state index in [9.17, 15) is 13.2 Å². The van der Waals surface area contributed by atoms with E-state index in [0.29, 0.717) is 42.6 Å². The highest BCUT2D eigenvalue weighted by Crippen LogP contribution is 2.33. The number of hydrogen-bond acceptors (Lipinski definition) is 6. The summed E-state index contributed by atoms with van der Waals surface area (Å²) < 4.78 is 32.7. The highest BCUT2D eigenvalue weighted by molar-refractivity contribution is 7.91. The summed E-state index contributed by atoms with van der Waals surface area (Å²) in [5, 5.41) is 2.96. The number of benzene rings is 1. The molecule has 1 saturated heterocycles. The van der Waals surface area contributed by atoms with E-state index in [4.69, 9.17) is 4.74 Å². The third-order valence-corrected chi connectivity index (χ3v) is 8.66. The Kier molecular flexibility index (Phi) is 8.01. The van der Waals surface area contributed by atoms with Gasteiger partial charge in [-0.15, -0.1) is 11.3 Å². The summed E-state index contributed by atoms with van der Waals surface area (Å²) in [4.78, 5) is 15.6. The van der Waals surface area contributed by atoms with Crippen LogP contribution in [-0.2, 0) is 14.8 Å². The number of carbonyl (C=O) groups is 1. The quantitative estimate of drug-likeness (QED) is 0.634. The van der Waals surface area contributed by atoms with Gasteiger partial charge in [0.15, 0.2) is 0 Å². The van der Waals surface area contributed by atoms with Crippen molar-refractivity contribution < 1.29 is 17.9 Å².